The van der Waals surface area contributed by atoms with Gasteiger partial charge < -0.3 is 9.80 Å². The number of aromatic nitrogens is 2. The minimum absolute atomic E-state index is 0.0977. The maximum absolute atomic E-state index is 11.0. The number of benzene rings is 2. The Bertz CT molecular complexity index is 995. The van der Waals surface area contributed by atoms with E-state index in [1.807, 2.05) is 16.8 Å². The average Bonchev–Trinajstić information content (AvgIpc) is 3.06. The molecule has 0 radical (unpaired) electrons. The summed E-state index contributed by atoms with van der Waals surface area (Å²) in [5.74, 6) is 0. The van der Waals surface area contributed by atoms with Crippen LogP contribution in [0.5, 0.6) is 0 Å². The Labute approximate surface area is 161 Å². The van der Waals surface area contributed by atoms with Crippen molar-refractivity contribution in [2.45, 2.75) is 13.6 Å². The van der Waals surface area contributed by atoms with Gasteiger partial charge >= 0.3 is 0 Å². The lowest BCUT2D eigenvalue weighted by atomic mass is 10.1. The van der Waals surface area contributed by atoms with Gasteiger partial charge in [0.25, 0.3) is 5.69 Å². The molecule has 4 rings (SSSR count). The number of nitro benzene ring substituents is 1. The van der Waals surface area contributed by atoms with Crippen molar-refractivity contribution in [2.75, 3.05) is 31.1 Å². The molecule has 7 nitrogen and oxygen atoms in total. The highest BCUT2D eigenvalue weighted by molar-refractivity contribution is 6.30. The first-order chi connectivity index (χ1) is 13.0. The van der Waals surface area contributed by atoms with Crippen molar-refractivity contribution in [1.29, 1.82) is 0 Å². The standard InChI is InChI=1S/C19H20ClN5O2/c1-14-2-4-16(20)10-18(14)23-8-6-22(7-9-23)13-24-19-11-17(25(26)27)5-3-15(19)12-21-24/h2-5,10-12H,6-9,13H2,1H3/p+1. The van der Waals surface area contributed by atoms with Gasteiger partial charge in [0, 0.05) is 28.2 Å². The first kappa shape index (κ1) is 17.8. The van der Waals surface area contributed by atoms with Crippen molar-refractivity contribution in [1.82, 2.24) is 9.78 Å². The van der Waals surface area contributed by atoms with Gasteiger partial charge in [0.1, 0.15) is 0 Å². The highest BCUT2D eigenvalue weighted by Crippen LogP contribution is 2.24. The second-order valence-corrected chi connectivity index (χ2v) is 7.41. The molecule has 2 aromatic carbocycles. The smallest absolute Gasteiger partial charge is 0.271 e. The Morgan fingerprint density at radius 3 is 2.74 bits per heavy atom. The van der Waals surface area contributed by atoms with Gasteiger partial charge in [0.15, 0.2) is 6.67 Å². The summed E-state index contributed by atoms with van der Waals surface area (Å²) >= 11 is 6.16. The van der Waals surface area contributed by atoms with Crippen LogP contribution in [0.15, 0.2) is 42.6 Å². The lowest BCUT2D eigenvalue weighted by molar-refractivity contribution is -0.923. The summed E-state index contributed by atoms with van der Waals surface area (Å²) in [6.45, 7) is 6.64. The fourth-order valence-electron chi connectivity index (χ4n) is 3.66. The third-order valence-electron chi connectivity index (χ3n) is 5.19. The number of aryl methyl sites for hydroxylation is 1. The number of rotatable bonds is 4. The number of anilines is 1. The summed E-state index contributed by atoms with van der Waals surface area (Å²) in [6, 6.07) is 10.9. The van der Waals surface area contributed by atoms with E-state index in [-0.39, 0.29) is 10.6 Å². The number of nitrogens with one attached hydrogen (secondary N) is 1. The number of fused-ring (bicyclic) bond motifs is 1. The first-order valence-corrected chi connectivity index (χ1v) is 9.34. The maximum Gasteiger partial charge on any atom is 0.271 e. The van der Waals surface area contributed by atoms with Gasteiger partial charge in [0.05, 0.1) is 42.8 Å². The molecule has 0 aliphatic carbocycles. The summed E-state index contributed by atoms with van der Waals surface area (Å²) in [6.07, 6.45) is 1.77. The van der Waals surface area contributed by atoms with Crippen LogP contribution in [0, 0.1) is 17.0 Å². The molecule has 0 bridgehead atoms. The number of halogens is 1. The second kappa shape index (κ2) is 7.17. The van der Waals surface area contributed by atoms with Gasteiger partial charge in [-0.2, -0.15) is 5.10 Å². The van der Waals surface area contributed by atoms with Gasteiger partial charge in [0.2, 0.25) is 0 Å². The summed E-state index contributed by atoms with van der Waals surface area (Å²) < 4.78 is 1.87. The van der Waals surface area contributed by atoms with Gasteiger partial charge in [-0.15, -0.1) is 0 Å². The largest absolute Gasteiger partial charge is 0.360 e. The van der Waals surface area contributed by atoms with Crippen molar-refractivity contribution >= 4 is 33.9 Å². The fraction of sp³-hybridized carbons (Fsp3) is 0.316. The number of hydrogen-bond donors (Lipinski definition) is 1. The minimum atomic E-state index is -0.365. The predicted molar refractivity (Wildman–Crippen MR) is 105 cm³/mol. The van der Waals surface area contributed by atoms with Gasteiger partial charge in [-0.05, 0) is 30.7 Å². The monoisotopic (exact) mass is 386 g/mol. The van der Waals surface area contributed by atoms with Crippen LogP contribution >= 0.6 is 11.6 Å². The highest BCUT2D eigenvalue weighted by atomic mass is 35.5. The third kappa shape index (κ3) is 3.61. The van der Waals surface area contributed by atoms with E-state index in [0.717, 1.165) is 42.1 Å². The van der Waals surface area contributed by atoms with Crippen molar-refractivity contribution in [3.8, 4) is 0 Å². The minimum Gasteiger partial charge on any atom is -0.360 e. The molecule has 1 aliphatic rings. The number of quaternary nitrogens is 1. The Morgan fingerprint density at radius 2 is 2.00 bits per heavy atom. The Morgan fingerprint density at radius 1 is 1.22 bits per heavy atom. The molecule has 8 heteroatoms. The number of non-ortho nitro benzene ring substituents is 1. The van der Waals surface area contributed by atoms with Crippen LogP contribution in [0.2, 0.25) is 5.02 Å². The molecule has 1 N–H and O–H groups in total. The van der Waals surface area contributed by atoms with E-state index in [0.29, 0.717) is 6.67 Å². The van der Waals surface area contributed by atoms with E-state index in [1.165, 1.54) is 22.2 Å². The third-order valence-corrected chi connectivity index (χ3v) is 5.43. The zero-order chi connectivity index (χ0) is 19.0. The normalized spacial score (nSPS) is 15.4. The van der Waals surface area contributed by atoms with E-state index in [9.17, 15) is 10.1 Å². The molecule has 0 atom stereocenters. The number of nitrogens with zero attached hydrogens (tertiary/aromatic N) is 4. The number of nitro groups is 1. The zero-order valence-corrected chi connectivity index (χ0v) is 15.8. The van der Waals surface area contributed by atoms with Crippen LogP contribution in [-0.4, -0.2) is 40.9 Å². The highest BCUT2D eigenvalue weighted by Gasteiger charge is 2.22. The van der Waals surface area contributed by atoms with Crippen LogP contribution in [-0.2, 0) is 6.67 Å². The molecule has 1 saturated heterocycles. The van der Waals surface area contributed by atoms with Crippen LogP contribution in [0.1, 0.15) is 5.56 Å². The van der Waals surface area contributed by atoms with E-state index in [2.05, 4.69) is 23.0 Å². The van der Waals surface area contributed by atoms with E-state index in [1.54, 1.807) is 18.3 Å². The molecule has 0 saturated carbocycles. The quantitative estimate of drug-likeness (QED) is 0.551. The molecule has 0 spiro atoms. The van der Waals surface area contributed by atoms with Crippen molar-refractivity contribution in [3.63, 3.8) is 0 Å². The molecule has 1 aromatic heterocycles. The Balaban J connectivity index is 1.46. The molecule has 0 amide bonds. The molecular weight excluding hydrogens is 366 g/mol. The van der Waals surface area contributed by atoms with E-state index < -0.39 is 0 Å². The Kier molecular flexibility index (Phi) is 4.72. The van der Waals surface area contributed by atoms with Crippen LogP contribution in [0.3, 0.4) is 0 Å². The lowest BCUT2D eigenvalue weighted by Gasteiger charge is -2.34. The zero-order valence-electron chi connectivity index (χ0n) is 15.1. The number of piperazine rings is 1. The van der Waals surface area contributed by atoms with Gasteiger partial charge in [-0.25, -0.2) is 4.68 Å². The molecule has 2 heterocycles. The topological polar surface area (TPSA) is 68.6 Å². The van der Waals surface area contributed by atoms with E-state index >= 15 is 0 Å². The van der Waals surface area contributed by atoms with Crippen LogP contribution < -0.4 is 9.80 Å². The number of hydrogen-bond acceptors (Lipinski definition) is 4. The van der Waals surface area contributed by atoms with E-state index in [4.69, 9.17) is 11.6 Å². The SMILES string of the molecule is Cc1ccc(Cl)cc1N1CC[NH+](Cn2ncc3ccc([N+](=O)[O-])cc32)CC1. The van der Waals surface area contributed by atoms with Crippen molar-refractivity contribution in [2.24, 2.45) is 0 Å². The molecule has 1 aliphatic heterocycles. The fourth-order valence-corrected chi connectivity index (χ4v) is 3.82. The second-order valence-electron chi connectivity index (χ2n) is 6.97. The molecule has 27 heavy (non-hydrogen) atoms. The van der Waals surface area contributed by atoms with Crippen LogP contribution in [0.4, 0.5) is 11.4 Å². The summed E-state index contributed by atoms with van der Waals surface area (Å²) in [4.78, 5) is 14.5. The van der Waals surface area contributed by atoms with Crippen LogP contribution in [0.25, 0.3) is 10.9 Å². The summed E-state index contributed by atoms with van der Waals surface area (Å²) in [7, 11) is 0. The average molecular weight is 387 g/mol. The van der Waals surface area contributed by atoms with Gasteiger partial charge in [-0.1, -0.05) is 17.7 Å². The predicted octanol–water partition coefficient (Wildman–Crippen LogP) is 2.27. The van der Waals surface area contributed by atoms with Crippen molar-refractivity contribution < 1.29 is 9.82 Å². The molecule has 1 fully saturated rings. The van der Waals surface area contributed by atoms with Gasteiger partial charge in [-0.3, -0.25) is 10.1 Å². The molecule has 3 aromatic rings. The maximum atomic E-state index is 11.0. The lowest BCUT2D eigenvalue weighted by Crippen LogP contribution is -3.14. The molecule has 0 unspecified atom stereocenters. The first-order valence-electron chi connectivity index (χ1n) is 8.96. The molecule has 140 valence electrons. The summed E-state index contributed by atoms with van der Waals surface area (Å²) in [5.41, 5.74) is 3.33. The Hall–Kier alpha value is -2.64. The summed E-state index contributed by atoms with van der Waals surface area (Å²) in [5, 5.41) is 17.2. The molecular formula is C19H21ClN5O2+. The van der Waals surface area contributed by atoms with Crippen molar-refractivity contribution in [3.05, 3.63) is 63.3 Å².